The maximum atomic E-state index is 13.5. The van der Waals surface area contributed by atoms with Gasteiger partial charge in [-0.05, 0) is 49.7 Å². The third kappa shape index (κ3) is 7.38. The molecule has 7 atom stereocenters. The van der Waals surface area contributed by atoms with Gasteiger partial charge in [0.2, 0.25) is 0 Å². The molecule has 2 rings (SSSR count). The predicted molar refractivity (Wildman–Crippen MR) is 137 cm³/mol. The number of rotatable bonds is 9. The number of carbonyl (C=O) groups is 3. The number of ketones is 1. The van der Waals surface area contributed by atoms with Crippen molar-refractivity contribution in [3.05, 3.63) is 0 Å². The molecule has 0 saturated carbocycles. The van der Waals surface area contributed by atoms with Gasteiger partial charge in [0.15, 0.2) is 19.7 Å². The van der Waals surface area contributed by atoms with Crippen LogP contribution in [0.15, 0.2) is 0 Å². The van der Waals surface area contributed by atoms with Crippen LogP contribution in [0.4, 0.5) is 0 Å². The van der Waals surface area contributed by atoms with E-state index in [0.29, 0.717) is 25.2 Å². The molecule has 2 saturated heterocycles. The Labute approximate surface area is 213 Å². The highest BCUT2D eigenvalue weighted by molar-refractivity contribution is 6.74. The average Bonchev–Trinajstić information content (AvgIpc) is 3.36. The number of epoxide rings is 1. The van der Waals surface area contributed by atoms with Gasteiger partial charge in [0.25, 0.3) is 0 Å². The molecule has 0 aliphatic carbocycles. The number of hydrogen-bond acceptors (Lipinski definition) is 7. The lowest BCUT2D eigenvalue weighted by Gasteiger charge is -2.40. The van der Waals surface area contributed by atoms with Crippen molar-refractivity contribution < 1.29 is 33.0 Å². The van der Waals surface area contributed by atoms with Crippen LogP contribution < -0.4 is 0 Å². The summed E-state index contributed by atoms with van der Waals surface area (Å²) in [5, 5.41) is 0.103. The van der Waals surface area contributed by atoms with E-state index in [2.05, 4.69) is 47.7 Å². The SMILES string of the molecule is CC(=O)O[C@@H]1CC(=O)O[C@H]([C@H](C)C(=O)[C@@]2(C)O[C@@H]2C[C@H](O[Si](C)(C)C(C)(C)C)C(C)C)CC[C@@H]1C. The summed E-state index contributed by atoms with van der Waals surface area (Å²) in [6.45, 7) is 22.5. The van der Waals surface area contributed by atoms with Crippen molar-refractivity contribution in [1.82, 2.24) is 0 Å². The Bertz CT molecular complexity index is 787. The number of Topliss-reactive ketones (excluding diaryl/α,β-unsaturated/α-hetero) is 1. The van der Waals surface area contributed by atoms with Crippen molar-refractivity contribution in [3.8, 4) is 0 Å². The normalized spacial score (nSPS) is 31.7. The molecule has 0 radical (unpaired) electrons. The van der Waals surface area contributed by atoms with Crippen molar-refractivity contribution in [2.45, 2.75) is 136 Å². The zero-order valence-electron chi connectivity index (χ0n) is 23.7. The molecule has 0 bridgehead atoms. The number of carbonyl (C=O) groups excluding carboxylic acids is 3. The van der Waals surface area contributed by atoms with Gasteiger partial charge in [-0.2, -0.15) is 0 Å². The Morgan fingerprint density at radius 2 is 1.77 bits per heavy atom. The minimum Gasteiger partial charge on any atom is -0.462 e. The third-order valence-corrected chi connectivity index (χ3v) is 12.9. The van der Waals surface area contributed by atoms with Crippen molar-refractivity contribution in [2.24, 2.45) is 17.8 Å². The highest BCUT2D eigenvalue weighted by atomic mass is 28.4. The Balaban J connectivity index is 2.04. The van der Waals surface area contributed by atoms with E-state index in [9.17, 15) is 14.4 Å². The molecule has 0 aromatic rings. The molecule has 0 N–H and O–H groups in total. The molecule has 0 amide bonds. The van der Waals surface area contributed by atoms with Crippen LogP contribution in [0, 0.1) is 17.8 Å². The van der Waals surface area contributed by atoms with Crippen LogP contribution >= 0.6 is 0 Å². The molecule has 0 unspecified atom stereocenters. The minimum absolute atomic E-state index is 0.00933. The number of ether oxygens (including phenoxy) is 3. The summed E-state index contributed by atoms with van der Waals surface area (Å²) in [4.78, 5) is 37.4. The molecule has 0 spiro atoms. The zero-order valence-corrected chi connectivity index (χ0v) is 24.7. The molecule has 2 aliphatic rings. The second-order valence-corrected chi connectivity index (χ2v) is 17.5. The van der Waals surface area contributed by atoms with Crippen LogP contribution in [0.5, 0.6) is 0 Å². The topological polar surface area (TPSA) is 91.4 Å². The lowest BCUT2D eigenvalue weighted by molar-refractivity contribution is -0.165. The van der Waals surface area contributed by atoms with Gasteiger partial charge in [0.1, 0.15) is 12.2 Å². The molecule has 0 aromatic carbocycles. The van der Waals surface area contributed by atoms with Gasteiger partial charge >= 0.3 is 11.9 Å². The first kappa shape index (κ1) is 30.0. The van der Waals surface area contributed by atoms with Crippen LogP contribution in [0.25, 0.3) is 0 Å². The summed E-state index contributed by atoms with van der Waals surface area (Å²) < 4.78 is 23.7. The molecule has 35 heavy (non-hydrogen) atoms. The fraction of sp³-hybridized carbons (Fsp3) is 0.889. The lowest BCUT2D eigenvalue weighted by atomic mass is 9.83. The summed E-state index contributed by atoms with van der Waals surface area (Å²) in [5.74, 6) is -1.03. The average molecular weight is 513 g/mol. The second kappa shape index (κ2) is 11.0. The van der Waals surface area contributed by atoms with Gasteiger partial charge < -0.3 is 18.6 Å². The van der Waals surface area contributed by atoms with Gasteiger partial charge in [-0.15, -0.1) is 0 Å². The number of cyclic esters (lactones) is 1. The highest BCUT2D eigenvalue weighted by Gasteiger charge is 2.60. The van der Waals surface area contributed by atoms with Gasteiger partial charge in [-0.1, -0.05) is 48.5 Å². The standard InChI is InChI=1S/C27H48O7Si/c1-16(2)21(34-35(10,11)26(6,7)8)14-23-27(9,33-23)25(30)18(4)20-13-12-17(3)22(31-19(5)28)15-24(29)32-20/h16-18,20-23H,12-15H2,1-11H3/t17-,18-,20-,21-,22+,23+,27-/m0/s1. The Hall–Kier alpha value is -1.25. The maximum Gasteiger partial charge on any atom is 0.309 e. The Morgan fingerprint density at radius 1 is 1.17 bits per heavy atom. The molecule has 7 nitrogen and oxygen atoms in total. The largest absolute Gasteiger partial charge is 0.462 e. The zero-order chi connectivity index (χ0) is 26.9. The van der Waals surface area contributed by atoms with E-state index >= 15 is 0 Å². The quantitative estimate of drug-likeness (QED) is 0.230. The summed E-state index contributed by atoms with van der Waals surface area (Å²) in [5.41, 5.74) is -0.885. The molecule has 2 heterocycles. The highest BCUT2D eigenvalue weighted by Crippen LogP contribution is 2.46. The first-order valence-corrected chi connectivity index (χ1v) is 16.1. The molecular weight excluding hydrogens is 464 g/mol. The van der Waals surface area contributed by atoms with E-state index in [1.807, 2.05) is 20.8 Å². The lowest BCUT2D eigenvalue weighted by Crippen LogP contribution is -2.46. The van der Waals surface area contributed by atoms with Crippen LogP contribution in [0.2, 0.25) is 18.1 Å². The van der Waals surface area contributed by atoms with Gasteiger partial charge in [-0.3, -0.25) is 14.4 Å². The molecule has 2 fully saturated rings. The number of esters is 2. The van der Waals surface area contributed by atoms with Gasteiger partial charge in [0.05, 0.1) is 18.4 Å². The van der Waals surface area contributed by atoms with Crippen molar-refractivity contribution in [1.29, 1.82) is 0 Å². The van der Waals surface area contributed by atoms with Crippen LogP contribution in [-0.4, -0.2) is 56.1 Å². The van der Waals surface area contributed by atoms with E-state index in [-0.39, 0.29) is 35.4 Å². The van der Waals surface area contributed by atoms with Gasteiger partial charge in [-0.25, -0.2) is 0 Å². The molecule has 2 aliphatic heterocycles. The first-order chi connectivity index (χ1) is 15.9. The molecule has 202 valence electrons. The van der Waals surface area contributed by atoms with E-state index in [0.717, 1.165) is 0 Å². The smallest absolute Gasteiger partial charge is 0.309 e. The minimum atomic E-state index is -1.96. The van der Waals surface area contributed by atoms with Crippen molar-refractivity contribution in [2.75, 3.05) is 0 Å². The van der Waals surface area contributed by atoms with E-state index < -0.39 is 44.0 Å². The monoisotopic (exact) mass is 512 g/mol. The Kier molecular flexibility index (Phi) is 9.43. The number of hydrogen-bond donors (Lipinski definition) is 0. The van der Waals surface area contributed by atoms with E-state index in [1.165, 1.54) is 6.92 Å². The van der Waals surface area contributed by atoms with Crippen molar-refractivity contribution >= 4 is 26.0 Å². The predicted octanol–water partition coefficient (Wildman–Crippen LogP) is 5.45. The van der Waals surface area contributed by atoms with Crippen LogP contribution in [0.3, 0.4) is 0 Å². The Morgan fingerprint density at radius 3 is 2.29 bits per heavy atom. The molecule has 8 heteroatoms. The molecular formula is C27H48O7Si. The van der Waals surface area contributed by atoms with Crippen molar-refractivity contribution in [3.63, 3.8) is 0 Å². The first-order valence-electron chi connectivity index (χ1n) is 13.2. The summed E-state index contributed by atoms with van der Waals surface area (Å²) in [7, 11) is -1.96. The third-order valence-electron chi connectivity index (χ3n) is 8.36. The van der Waals surface area contributed by atoms with Gasteiger partial charge in [0, 0.05) is 19.4 Å². The maximum absolute atomic E-state index is 13.5. The molecule has 0 aromatic heterocycles. The summed E-state index contributed by atoms with van der Waals surface area (Å²) >= 11 is 0. The fourth-order valence-corrected chi connectivity index (χ4v) is 6.05. The van der Waals surface area contributed by atoms with E-state index in [4.69, 9.17) is 18.6 Å². The summed E-state index contributed by atoms with van der Waals surface area (Å²) in [6.07, 6.45) is 0.734. The van der Waals surface area contributed by atoms with E-state index in [1.54, 1.807) is 0 Å². The summed E-state index contributed by atoms with van der Waals surface area (Å²) in [6, 6.07) is 0. The van der Waals surface area contributed by atoms with Crippen LogP contribution in [0.1, 0.15) is 88.0 Å². The fourth-order valence-electron chi connectivity index (χ4n) is 4.57. The van der Waals surface area contributed by atoms with Crippen LogP contribution in [-0.2, 0) is 33.0 Å². The second-order valence-electron chi connectivity index (χ2n) is 12.7.